The van der Waals surface area contributed by atoms with Gasteiger partial charge in [-0.2, -0.15) is 0 Å². The Bertz CT molecular complexity index is 397. The van der Waals surface area contributed by atoms with Crippen LogP contribution in [-0.4, -0.2) is 44.4 Å². The summed E-state index contributed by atoms with van der Waals surface area (Å²) in [5.41, 5.74) is 1.04. The third kappa shape index (κ3) is 3.25. The first-order chi connectivity index (χ1) is 9.08. The smallest absolute Gasteiger partial charge is 0.186 e. The van der Waals surface area contributed by atoms with Crippen LogP contribution in [0.2, 0.25) is 0 Å². The van der Waals surface area contributed by atoms with E-state index in [9.17, 15) is 0 Å². The number of nitrogens with one attached hydrogen (secondary N) is 1. The van der Waals surface area contributed by atoms with Crippen molar-refractivity contribution in [1.82, 2.24) is 10.3 Å². The van der Waals surface area contributed by atoms with E-state index in [1.807, 2.05) is 7.05 Å². The molecule has 0 unspecified atom stereocenters. The van der Waals surface area contributed by atoms with E-state index in [0.717, 1.165) is 37.1 Å². The van der Waals surface area contributed by atoms with Crippen molar-refractivity contribution >= 4 is 16.5 Å². The molecule has 1 saturated heterocycles. The predicted molar refractivity (Wildman–Crippen MR) is 77.8 cm³/mol. The first-order valence-electron chi connectivity index (χ1n) is 6.56. The third-order valence-electron chi connectivity index (χ3n) is 3.26. The minimum absolute atomic E-state index is 0.00262. The summed E-state index contributed by atoms with van der Waals surface area (Å²) in [7, 11) is 3.66. The lowest BCUT2D eigenvalue weighted by Crippen LogP contribution is -2.53. The molecule has 1 fully saturated rings. The molecule has 2 heterocycles. The summed E-state index contributed by atoms with van der Waals surface area (Å²) in [6.45, 7) is 8.20. The molecule has 6 heteroatoms. The van der Waals surface area contributed by atoms with Gasteiger partial charge in [-0.1, -0.05) is 0 Å². The Kier molecular flexibility index (Phi) is 4.78. The number of morpholine rings is 1. The zero-order valence-electron chi connectivity index (χ0n) is 12.2. The van der Waals surface area contributed by atoms with Crippen molar-refractivity contribution in [2.24, 2.45) is 0 Å². The van der Waals surface area contributed by atoms with E-state index in [2.05, 4.69) is 24.1 Å². The number of rotatable bonds is 5. The van der Waals surface area contributed by atoms with Gasteiger partial charge in [-0.25, -0.2) is 4.98 Å². The summed E-state index contributed by atoms with van der Waals surface area (Å²) < 4.78 is 10.8. The van der Waals surface area contributed by atoms with Crippen LogP contribution in [0.15, 0.2) is 0 Å². The van der Waals surface area contributed by atoms with Crippen molar-refractivity contribution in [2.45, 2.75) is 32.5 Å². The highest BCUT2D eigenvalue weighted by molar-refractivity contribution is 7.15. The Balaban J connectivity index is 2.25. The number of anilines is 1. The maximum Gasteiger partial charge on any atom is 0.186 e. The highest BCUT2D eigenvalue weighted by Crippen LogP contribution is 2.33. The van der Waals surface area contributed by atoms with Crippen LogP contribution in [0.3, 0.4) is 0 Å². The summed E-state index contributed by atoms with van der Waals surface area (Å²) in [5, 5.41) is 4.27. The second-order valence-electron chi connectivity index (χ2n) is 5.35. The molecule has 0 atom stereocenters. The lowest BCUT2D eigenvalue weighted by atomic mass is 10.0. The van der Waals surface area contributed by atoms with Crippen LogP contribution in [0, 0.1) is 0 Å². The average molecular weight is 285 g/mol. The van der Waals surface area contributed by atoms with Gasteiger partial charge in [-0.05, 0) is 20.9 Å². The molecule has 1 aromatic heterocycles. The van der Waals surface area contributed by atoms with Crippen molar-refractivity contribution in [3.05, 3.63) is 10.6 Å². The lowest BCUT2D eigenvalue weighted by Gasteiger charge is -2.42. The molecular formula is C13H23N3O2S. The minimum atomic E-state index is -0.00262. The van der Waals surface area contributed by atoms with E-state index < -0.39 is 0 Å². The highest BCUT2D eigenvalue weighted by atomic mass is 32.1. The standard InChI is InChI=1S/C13H23N3O2S/c1-13(2)9-18-6-5-16(13)12-15-10(8-17-4)11(19-12)7-14-3/h14H,5-9H2,1-4H3. The molecule has 1 N–H and O–H groups in total. The van der Waals surface area contributed by atoms with Gasteiger partial charge < -0.3 is 19.7 Å². The zero-order chi connectivity index (χ0) is 13.9. The first-order valence-corrected chi connectivity index (χ1v) is 7.37. The van der Waals surface area contributed by atoms with Gasteiger partial charge in [0.15, 0.2) is 5.13 Å². The van der Waals surface area contributed by atoms with Crippen LogP contribution in [0.4, 0.5) is 5.13 Å². The monoisotopic (exact) mass is 285 g/mol. The molecule has 2 rings (SSSR count). The number of thiazole rings is 1. The Hall–Kier alpha value is -0.690. The van der Waals surface area contributed by atoms with Crippen LogP contribution in [0.25, 0.3) is 0 Å². The van der Waals surface area contributed by atoms with Gasteiger partial charge in [0.05, 0.1) is 31.1 Å². The van der Waals surface area contributed by atoms with Crippen molar-refractivity contribution in [3.8, 4) is 0 Å². The minimum Gasteiger partial charge on any atom is -0.378 e. The summed E-state index contributed by atoms with van der Waals surface area (Å²) in [6, 6.07) is 0. The first kappa shape index (κ1) is 14.7. The Morgan fingerprint density at radius 3 is 2.95 bits per heavy atom. The maximum absolute atomic E-state index is 5.57. The van der Waals surface area contributed by atoms with Gasteiger partial charge in [-0.3, -0.25) is 0 Å². The number of aromatic nitrogens is 1. The second kappa shape index (κ2) is 6.17. The molecule has 108 valence electrons. The zero-order valence-corrected chi connectivity index (χ0v) is 13.0. The topological polar surface area (TPSA) is 46.6 Å². The number of nitrogens with zero attached hydrogens (tertiary/aromatic N) is 2. The number of hydrogen-bond acceptors (Lipinski definition) is 6. The van der Waals surface area contributed by atoms with Crippen LogP contribution < -0.4 is 10.2 Å². The van der Waals surface area contributed by atoms with Crippen molar-refractivity contribution in [2.75, 3.05) is 38.8 Å². The molecule has 0 spiro atoms. The van der Waals surface area contributed by atoms with E-state index in [-0.39, 0.29) is 5.54 Å². The van der Waals surface area contributed by atoms with Crippen LogP contribution >= 0.6 is 11.3 Å². The van der Waals surface area contributed by atoms with Crippen LogP contribution in [-0.2, 0) is 22.6 Å². The van der Waals surface area contributed by atoms with Gasteiger partial charge in [-0.15, -0.1) is 11.3 Å². The fourth-order valence-electron chi connectivity index (χ4n) is 2.25. The van der Waals surface area contributed by atoms with E-state index in [0.29, 0.717) is 6.61 Å². The van der Waals surface area contributed by atoms with Gasteiger partial charge >= 0.3 is 0 Å². The molecule has 0 bridgehead atoms. The highest BCUT2D eigenvalue weighted by Gasteiger charge is 2.33. The average Bonchev–Trinajstić information content (AvgIpc) is 2.73. The number of hydrogen-bond donors (Lipinski definition) is 1. The van der Waals surface area contributed by atoms with Gasteiger partial charge in [0.2, 0.25) is 0 Å². The fraction of sp³-hybridized carbons (Fsp3) is 0.769. The Morgan fingerprint density at radius 1 is 1.53 bits per heavy atom. The van der Waals surface area contributed by atoms with Gasteiger partial charge in [0, 0.05) is 25.1 Å². The Labute approximate surface area is 118 Å². The molecule has 1 aliphatic heterocycles. The summed E-state index contributed by atoms with van der Waals surface area (Å²) in [6.07, 6.45) is 0. The Morgan fingerprint density at radius 2 is 2.32 bits per heavy atom. The summed E-state index contributed by atoms with van der Waals surface area (Å²) >= 11 is 1.75. The fourth-order valence-corrected chi connectivity index (χ4v) is 3.51. The SMILES string of the molecule is CNCc1sc(N2CCOCC2(C)C)nc1COC. The molecule has 1 aromatic rings. The molecule has 0 radical (unpaired) electrons. The quantitative estimate of drug-likeness (QED) is 0.891. The molecule has 0 aromatic carbocycles. The van der Waals surface area contributed by atoms with E-state index in [4.69, 9.17) is 14.5 Å². The second-order valence-corrected chi connectivity index (χ2v) is 6.41. The third-order valence-corrected chi connectivity index (χ3v) is 4.38. The van der Waals surface area contributed by atoms with Gasteiger partial charge in [0.25, 0.3) is 0 Å². The number of ether oxygens (including phenoxy) is 2. The molecule has 1 aliphatic rings. The van der Waals surface area contributed by atoms with Gasteiger partial charge in [0.1, 0.15) is 0 Å². The summed E-state index contributed by atoms with van der Waals surface area (Å²) in [5.74, 6) is 0. The van der Waals surface area contributed by atoms with E-state index >= 15 is 0 Å². The molecule has 19 heavy (non-hydrogen) atoms. The molecular weight excluding hydrogens is 262 g/mol. The molecule has 0 amide bonds. The lowest BCUT2D eigenvalue weighted by molar-refractivity contribution is 0.0643. The van der Waals surface area contributed by atoms with E-state index in [1.54, 1.807) is 18.4 Å². The van der Waals surface area contributed by atoms with Crippen molar-refractivity contribution in [1.29, 1.82) is 0 Å². The number of methoxy groups -OCH3 is 1. The van der Waals surface area contributed by atoms with Crippen molar-refractivity contribution < 1.29 is 9.47 Å². The molecule has 5 nitrogen and oxygen atoms in total. The van der Waals surface area contributed by atoms with Crippen molar-refractivity contribution in [3.63, 3.8) is 0 Å². The van der Waals surface area contributed by atoms with Crippen LogP contribution in [0.5, 0.6) is 0 Å². The molecule has 0 saturated carbocycles. The normalized spacial score (nSPS) is 18.8. The van der Waals surface area contributed by atoms with E-state index in [1.165, 1.54) is 4.88 Å². The predicted octanol–water partition coefficient (Wildman–Crippen LogP) is 1.62. The largest absolute Gasteiger partial charge is 0.378 e. The molecule has 0 aliphatic carbocycles. The maximum atomic E-state index is 5.57. The summed E-state index contributed by atoms with van der Waals surface area (Å²) in [4.78, 5) is 8.36. The van der Waals surface area contributed by atoms with Crippen LogP contribution in [0.1, 0.15) is 24.4 Å².